The summed E-state index contributed by atoms with van der Waals surface area (Å²) in [6.45, 7) is 5.10. The molecule has 2 N–H and O–H groups in total. The molecule has 2 aromatic carbocycles. The Hall–Kier alpha value is -2.95. The Morgan fingerprint density at radius 1 is 0.853 bits per heavy atom. The van der Waals surface area contributed by atoms with E-state index in [1.165, 1.54) is 16.4 Å². The van der Waals surface area contributed by atoms with Crippen LogP contribution in [0.3, 0.4) is 0 Å². The monoisotopic (exact) mass is 485 g/mol. The van der Waals surface area contributed by atoms with Crippen LogP contribution in [0.5, 0.6) is 0 Å². The van der Waals surface area contributed by atoms with Crippen molar-refractivity contribution in [3.8, 4) is 0 Å². The molecule has 0 aliphatic carbocycles. The zero-order chi connectivity index (χ0) is 24.3. The van der Waals surface area contributed by atoms with Gasteiger partial charge in [0.2, 0.25) is 15.9 Å². The number of likely N-dealkylation sites (N-methyl/N-ethyl adjacent to an activating group) is 1. The number of carbonyl (C=O) groups excluding carboxylic acids is 2. The van der Waals surface area contributed by atoms with Gasteiger partial charge in [0.1, 0.15) is 6.04 Å². The van der Waals surface area contributed by atoms with Crippen molar-refractivity contribution in [3.63, 3.8) is 0 Å². The number of carbonyl (C=O) groups is 2. The van der Waals surface area contributed by atoms with E-state index >= 15 is 0 Å². The first-order chi connectivity index (χ1) is 16.2. The first-order valence-corrected chi connectivity index (χ1v) is 12.9. The van der Waals surface area contributed by atoms with E-state index in [0.717, 1.165) is 18.7 Å². The third-order valence-corrected chi connectivity index (χ3v) is 8.25. The normalized spacial score (nSPS) is 19.7. The van der Waals surface area contributed by atoms with E-state index in [-0.39, 0.29) is 10.8 Å². The number of aryl methyl sites for hydroxylation is 1. The minimum absolute atomic E-state index is 0.107. The zero-order valence-electron chi connectivity index (χ0n) is 19.5. The fourth-order valence-electron chi connectivity index (χ4n) is 4.29. The molecule has 0 aromatic heterocycles. The number of benzene rings is 2. The smallest absolute Gasteiger partial charge is 0.323 e. The van der Waals surface area contributed by atoms with Gasteiger partial charge in [0.15, 0.2) is 0 Å². The van der Waals surface area contributed by atoms with Gasteiger partial charge < -0.3 is 20.4 Å². The second-order valence-electron chi connectivity index (χ2n) is 8.87. The molecule has 0 saturated carbocycles. The van der Waals surface area contributed by atoms with Crippen molar-refractivity contribution in [3.05, 3.63) is 54.1 Å². The highest BCUT2D eigenvalue weighted by molar-refractivity contribution is 7.89. The van der Waals surface area contributed by atoms with E-state index < -0.39 is 22.1 Å². The number of piperazine rings is 1. The van der Waals surface area contributed by atoms with Crippen LogP contribution in [-0.4, -0.2) is 80.3 Å². The average molecular weight is 486 g/mol. The van der Waals surface area contributed by atoms with Crippen molar-refractivity contribution in [2.24, 2.45) is 0 Å². The molecule has 34 heavy (non-hydrogen) atoms. The molecule has 2 saturated heterocycles. The molecule has 0 unspecified atom stereocenters. The largest absolute Gasteiger partial charge is 0.339 e. The predicted octanol–water partition coefficient (Wildman–Crippen LogP) is 2.57. The van der Waals surface area contributed by atoms with E-state index in [1.54, 1.807) is 29.2 Å². The van der Waals surface area contributed by atoms with E-state index in [1.807, 2.05) is 26.1 Å². The van der Waals surface area contributed by atoms with Crippen LogP contribution < -0.4 is 10.6 Å². The second-order valence-corrected chi connectivity index (χ2v) is 10.8. The highest BCUT2D eigenvalue weighted by atomic mass is 32.2. The summed E-state index contributed by atoms with van der Waals surface area (Å²) in [5.74, 6) is -0.111. The van der Waals surface area contributed by atoms with Gasteiger partial charge in [0.25, 0.3) is 0 Å². The molecule has 182 valence electrons. The van der Waals surface area contributed by atoms with Crippen LogP contribution in [0.25, 0.3) is 0 Å². The number of anilines is 2. The maximum absolute atomic E-state index is 13.3. The summed E-state index contributed by atoms with van der Waals surface area (Å²) in [5, 5.41) is 5.44. The maximum Gasteiger partial charge on any atom is 0.323 e. The molecule has 2 aliphatic rings. The van der Waals surface area contributed by atoms with Gasteiger partial charge in [0, 0.05) is 44.1 Å². The van der Waals surface area contributed by atoms with Crippen LogP contribution in [0.4, 0.5) is 16.2 Å². The van der Waals surface area contributed by atoms with Crippen molar-refractivity contribution >= 4 is 33.3 Å². The summed E-state index contributed by atoms with van der Waals surface area (Å²) in [6, 6.07) is 12.4. The molecule has 2 heterocycles. The van der Waals surface area contributed by atoms with Crippen LogP contribution in [0, 0.1) is 6.92 Å². The van der Waals surface area contributed by atoms with E-state index in [0.29, 0.717) is 43.9 Å². The number of amides is 3. The molecular weight excluding hydrogens is 454 g/mol. The first-order valence-electron chi connectivity index (χ1n) is 11.5. The summed E-state index contributed by atoms with van der Waals surface area (Å²) in [7, 11) is -1.82. The minimum Gasteiger partial charge on any atom is -0.339 e. The Labute approximate surface area is 200 Å². The number of hydrogen-bond acceptors (Lipinski definition) is 5. The third kappa shape index (κ3) is 5.40. The van der Waals surface area contributed by atoms with Gasteiger partial charge in [-0.05, 0) is 63.2 Å². The lowest BCUT2D eigenvalue weighted by molar-refractivity contribution is -0.136. The minimum atomic E-state index is -3.83. The van der Waals surface area contributed by atoms with Crippen LogP contribution in [0.1, 0.15) is 18.4 Å². The lowest BCUT2D eigenvalue weighted by atomic mass is 10.2. The van der Waals surface area contributed by atoms with Crippen LogP contribution >= 0.6 is 0 Å². The van der Waals surface area contributed by atoms with Crippen LogP contribution in [0.2, 0.25) is 0 Å². The Kier molecular flexibility index (Phi) is 7.20. The standard InChI is InChI=1S/C24H31N5O4S/c1-18-5-7-19(8-6-18)25-24(31)26-20-9-11-21(12-10-20)34(32,33)29-13-3-4-22(29)23(30)28-16-14-27(2)15-17-28/h5-12,22H,3-4,13-17H2,1-2H3,(H2,25,26,31)/t22-/m1/s1. The lowest BCUT2D eigenvalue weighted by Gasteiger charge is -2.35. The lowest BCUT2D eigenvalue weighted by Crippen LogP contribution is -2.53. The highest BCUT2D eigenvalue weighted by Gasteiger charge is 2.41. The SMILES string of the molecule is Cc1ccc(NC(=O)Nc2ccc(S(=O)(=O)N3CCC[C@@H]3C(=O)N3CCN(C)CC3)cc2)cc1. The summed E-state index contributed by atoms with van der Waals surface area (Å²) >= 11 is 0. The fourth-order valence-corrected chi connectivity index (χ4v) is 5.94. The Bertz CT molecular complexity index is 1130. The Morgan fingerprint density at radius 3 is 2.00 bits per heavy atom. The quantitative estimate of drug-likeness (QED) is 0.678. The molecule has 10 heteroatoms. The molecule has 0 spiro atoms. The van der Waals surface area contributed by atoms with Crippen molar-refractivity contribution in [2.75, 3.05) is 50.4 Å². The van der Waals surface area contributed by atoms with Gasteiger partial charge in [-0.25, -0.2) is 13.2 Å². The topological polar surface area (TPSA) is 102 Å². The van der Waals surface area contributed by atoms with Crippen molar-refractivity contribution in [2.45, 2.75) is 30.7 Å². The molecule has 2 aliphatic heterocycles. The van der Waals surface area contributed by atoms with E-state index in [2.05, 4.69) is 15.5 Å². The van der Waals surface area contributed by atoms with Crippen molar-refractivity contribution in [1.82, 2.24) is 14.1 Å². The highest BCUT2D eigenvalue weighted by Crippen LogP contribution is 2.28. The summed E-state index contributed by atoms with van der Waals surface area (Å²) in [4.78, 5) is 29.4. The Morgan fingerprint density at radius 2 is 1.41 bits per heavy atom. The molecular formula is C24H31N5O4S. The molecule has 2 aromatic rings. The van der Waals surface area contributed by atoms with Gasteiger partial charge in [-0.3, -0.25) is 4.79 Å². The molecule has 0 radical (unpaired) electrons. The number of nitrogens with one attached hydrogen (secondary N) is 2. The van der Waals surface area contributed by atoms with Crippen molar-refractivity contribution in [1.29, 1.82) is 0 Å². The molecule has 1 atom stereocenters. The summed E-state index contributed by atoms with van der Waals surface area (Å²) in [5.41, 5.74) is 2.22. The van der Waals surface area contributed by atoms with Gasteiger partial charge in [0.05, 0.1) is 4.90 Å². The number of nitrogens with zero attached hydrogens (tertiary/aromatic N) is 3. The number of sulfonamides is 1. The Balaban J connectivity index is 1.41. The van der Waals surface area contributed by atoms with E-state index in [9.17, 15) is 18.0 Å². The van der Waals surface area contributed by atoms with E-state index in [4.69, 9.17) is 0 Å². The van der Waals surface area contributed by atoms with Crippen LogP contribution in [-0.2, 0) is 14.8 Å². The molecule has 0 bridgehead atoms. The predicted molar refractivity (Wildman–Crippen MR) is 131 cm³/mol. The fraction of sp³-hybridized carbons (Fsp3) is 0.417. The second kappa shape index (κ2) is 10.1. The van der Waals surface area contributed by atoms with Crippen molar-refractivity contribution < 1.29 is 18.0 Å². The van der Waals surface area contributed by atoms with Gasteiger partial charge >= 0.3 is 6.03 Å². The number of rotatable bonds is 5. The molecule has 3 amide bonds. The van der Waals surface area contributed by atoms with Crippen LogP contribution in [0.15, 0.2) is 53.4 Å². The van der Waals surface area contributed by atoms with Gasteiger partial charge in [-0.1, -0.05) is 17.7 Å². The molecule has 9 nitrogen and oxygen atoms in total. The molecule has 4 rings (SSSR count). The maximum atomic E-state index is 13.3. The van der Waals surface area contributed by atoms with Gasteiger partial charge in [-0.2, -0.15) is 4.31 Å². The zero-order valence-corrected chi connectivity index (χ0v) is 20.3. The average Bonchev–Trinajstić information content (AvgIpc) is 3.32. The number of urea groups is 1. The first kappa shape index (κ1) is 24.2. The third-order valence-electron chi connectivity index (χ3n) is 6.33. The summed E-state index contributed by atoms with van der Waals surface area (Å²) < 4.78 is 28.0. The molecule has 2 fully saturated rings. The summed E-state index contributed by atoms with van der Waals surface area (Å²) in [6.07, 6.45) is 1.19. The number of hydrogen-bond donors (Lipinski definition) is 2. The van der Waals surface area contributed by atoms with Gasteiger partial charge in [-0.15, -0.1) is 0 Å².